The Bertz CT molecular complexity index is 316. The fourth-order valence-electron chi connectivity index (χ4n) is 0.686. The van der Waals surface area contributed by atoms with Gasteiger partial charge < -0.3 is 10.8 Å². The Balaban J connectivity index is 2.97. The van der Waals surface area contributed by atoms with Crippen molar-refractivity contribution in [2.45, 2.75) is 6.42 Å². The van der Waals surface area contributed by atoms with Gasteiger partial charge in [-0.05, 0) is 22.6 Å². The van der Waals surface area contributed by atoms with Gasteiger partial charge in [-0.25, -0.2) is 9.97 Å². The minimum atomic E-state index is -0.960. The van der Waals surface area contributed by atoms with Crippen LogP contribution in [0.1, 0.15) is 5.69 Å². The Labute approximate surface area is 82.2 Å². The third kappa shape index (κ3) is 2.29. The van der Waals surface area contributed by atoms with Gasteiger partial charge in [0.15, 0.2) is 0 Å². The lowest BCUT2D eigenvalue weighted by molar-refractivity contribution is -0.136. The zero-order valence-corrected chi connectivity index (χ0v) is 8.15. The number of hydrogen-bond donors (Lipinski definition) is 2. The number of anilines is 1. The first-order chi connectivity index (χ1) is 5.59. The molecule has 0 spiro atoms. The molecule has 0 saturated heterocycles. The number of nitrogens with two attached hydrogens (primary N) is 1. The van der Waals surface area contributed by atoms with Gasteiger partial charge >= 0.3 is 5.97 Å². The number of aliphatic carboxylic acids is 1. The monoisotopic (exact) mass is 279 g/mol. The van der Waals surface area contributed by atoms with E-state index in [0.29, 0.717) is 9.39 Å². The molecule has 1 aromatic heterocycles. The number of hydrogen-bond acceptors (Lipinski definition) is 4. The van der Waals surface area contributed by atoms with Crippen molar-refractivity contribution in [3.05, 3.63) is 15.6 Å². The Morgan fingerprint density at radius 2 is 2.42 bits per heavy atom. The standard InChI is InChI=1S/C6H6IN3O2/c7-4-2-9-6(8)3(10-4)1-5(11)12/h2H,1H2,(H2,8,9)(H,11,12). The van der Waals surface area contributed by atoms with E-state index in [-0.39, 0.29) is 12.2 Å². The van der Waals surface area contributed by atoms with Crippen LogP contribution in [0.3, 0.4) is 0 Å². The minimum absolute atomic E-state index is 0.179. The summed E-state index contributed by atoms with van der Waals surface area (Å²) in [6.45, 7) is 0. The maximum Gasteiger partial charge on any atom is 0.309 e. The van der Waals surface area contributed by atoms with Crippen LogP contribution in [0.5, 0.6) is 0 Å². The molecule has 0 atom stereocenters. The van der Waals surface area contributed by atoms with E-state index in [1.54, 1.807) is 0 Å². The molecular weight excluding hydrogens is 273 g/mol. The molecule has 0 amide bonds. The van der Waals surface area contributed by atoms with E-state index in [4.69, 9.17) is 10.8 Å². The molecule has 0 aliphatic carbocycles. The second kappa shape index (κ2) is 3.65. The van der Waals surface area contributed by atoms with Gasteiger partial charge in [-0.1, -0.05) is 0 Å². The SMILES string of the molecule is Nc1ncc(I)nc1CC(=O)O. The van der Waals surface area contributed by atoms with E-state index < -0.39 is 5.97 Å². The first kappa shape index (κ1) is 9.17. The second-order valence-electron chi connectivity index (χ2n) is 2.10. The van der Waals surface area contributed by atoms with Crippen LogP contribution in [0.4, 0.5) is 5.82 Å². The highest BCUT2D eigenvalue weighted by atomic mass is 127. The van der Waals surface area contributed by atoms with E-state index in [2.05, 4.69) is 9.97 Å². The van der Waals surface area contributed by atoms with E-state index in [0.717, 1.165) is 0 Å². The summed E-state index contributed by atoms with van der Waals surface area (Å²) in [7, 11) is 0. The highest BCUT2D eigenvalue weighted by Crippen LogP contribution is 2.08. The quantitative estimate of drug-likeness (QED) is 0.759. The smallest absolute Gasteiger partial charge is 0.309 e. The third-order valence-corrected chi connectivity index (χ3v) is 1.69. The molecule has 1 aromatic rings. The molecule has 0 aromatic carbocycles. The van der Waals surface area contributed by atoms with Crippen LogP contribution in [0.15, 0.2) is 6.20 Å². The lowest BCUT2D eigenvalue weighted by Crippen LogP contribution is -2.08. The van der Waals surface area contributed by atoms with E-state index >= 15 is 0 Å². The van der Waals surface area contributed by atoms with Gasteiger partial charge in [0.2, 0.25) is 0 Å². The summed E-state index contributed by atoms with van der Waals surface area (Å²) in [6.07, 6.45) is 1.30. The van der Waals surface area contributed by atoms with Crippen molar-refractivity contribution in [2.24, 2.45) is 0 Å². The van der Waals surface area contributed by atoms with Crippen LogP contribution in [0.2, 0.25) is 0 Å². The molecule has 1 rings (SSSR count). The van der Waals surface area contributed by atoms with E-state index in [1.165, 1.54) is 6.20 Å². The normalized spacial score (nSPS) is 9.75. The number of carboxylic acid groups (broad SMARTS) is 1. The number of aromatic nitrogens is 2. The summed E-state index contributed by atoms with van der Waals surface area (Å²) in [6, 6.07) is 0. The summed E-state index contributed by atoms with van der Waals surface area (Å²) < 4.78 is 0.637. The summed E-state index contributed by atoms with van der Waals surface area (Å²) in [4.78, 5) is 18.0. The van der Waals surface area contributed by atoms with Crippen molar-refractivity contribution >= 4 is 34.4 Å². The van der Waals surface area contributed by atoms with Gasteiger partial charge in [-0.15, -0.1) is 0 Å². The number of carbonyl (C=O) groups is 1. The van der Waals surface area contributed by atoms with E-state index in [1.807, 2.05) is 22.6 Å². The zero-order valence-electron chi connectivity index (χ0n) is 5.99. The second-order valence-corrected chi connectivity index (χ2v) is 3.20. The molecule has 0 aliphatic rings. The molecule has 5 nitrogen and oxygen atoms in total. The predicted octanol–water partition coefficient (Wildman–Crippen LogP) is 0.290. The van der Waals surface area contributed by atoms with Gasteiger partial charge in [0.25, 0.3) is 0 Å². The fourth-order valence-corrected chi connectivity index (χ4v) is 1.12. The van der Waals surface area contributed by atoms with Crippen LogP contribution in [-0.4, -0.2) is 21.0 Å². The molecular formula is C6H6IN3O2. The average Bonchev–Trinajstić information content (AvgIpc) is 1.96. The van der Waals surface area contributed by atoms with Gasteiger partial charge in [0.05, 0.1) is 18.3 Å². The van der Waals surface area contributed by atoms with Crippen LogP contribution in [0.25, 0.3) is 0 Å². The summed E-state index contributed by atoms with van der Waals surface area (Å²) in [5.74, 6) is -0.782. The Morgan fingerprint density at radius 3 is 3.00 bits per heavy atom. The number of carboxylic acids is 1. The number of halogens is 1. The third-order valence-electron chi connectivity index (χ3n) is 1.17. The topological polar surface area (TPSA) is 89.1 Å². The molecule has 0 saturated carbocycles. The van der Waals surface area contributed by atoms with Gasteiger partial charge in [0.1, 0.15) is 9.52 Å². The lowest BCUT2D eigenvalue weighted by Gasteiger charge is -1.99. The van der Waals surface area contributed by atoms with Crippen LogP contribution >= 0.6 is 22.6 Å². The molecule has 0 aliphatic heterocycles. The zero-order chi connectivity index (χ0) is 9.14. The fraction of sp³-hybridized carbons (Fsp3) is 0.167. The summed E-state index contributed by atoms with van der Waals surface area (Å²) in [5.41, 5.74) is 5.71. The van der Waals surface area contributed by atoms with Crippen molar-refractivity contribution in [3.63, 3.8) is 0 Å². The first-order valence-corrected chi connectivity index (χ1v) is 4.16. The highest BCUT2D eigenvalue weighted by Gasteiger charge is 2.07. The number of nitrogen functional groups attached to an aromatic ring is 1. The maximum absolute atomic E-state index is 10.3. The molecule has 3 N–H and O–H groups in total. The predicted molar refractivity (Wildman–Crippen MR) is 50.5 cm³/mol. The van der Waals surface area contributed by atoms with Crippen molar-refractivity contribution < 1.29 is 9.90 Å². The Morgan fingerprint density at radius 1 is 1.75 bits per heavy atom. The number of rotatable bonds is 2. The van der Waals surface area contributed by atoms with Gasteiger partial charge in [-0.3, -0.25) is 4.79 Å². The molecule has 1 heterocycles. The van der Waals surface area contributed by atoms with Crippen molar-refractivity contribution in [3.8, 4) is 0 Å². The largest absolute Gasteiger partial charge is 0.481 e. The molecule has 0 bridgehead atoms. The highest BCUT2D eigenvalue weighted by molar-refractivity contribution is 14.1. The number of nitrogens with zero attached hydrogens (tertiary/aromatic N) is 2. The Kier molecular flexibility index (Phi) is 2.79. The minimum Gasteiger partial charge on any atom is -0.481 e. The molecule has 0 unspecified atom stereocenters. The lowest BCUT2D eigenvalue weighted by atomic mass is 10.3. The van der Waals surface area contributed by atoms with Crippen LogP contribution < -0.4 is 5.73 Å². The molecule has 0 radical (unpaired) electrons. The van der Waals surface area contributed by atoms with Crippen molar-refractivity contribution in [1.82, 2.24) is 9.97 Å². The molecule has 0 fully saturated rings. The molecule has 6 heteroatoms. The van der Waals surface area contributed by atoms with Crippen molar-refractivity contribution in [2.75, 3.05) is 5.73 Å². The average molecular weight is 279 g/mol. The van der Waals surface area contributed by atoms with E-state index in [9.17, 15) is 4.79 Å². The Hall–Kier alpha value is -0.920. The summed E-state index contributed by atoms with van der Waals surface area (Å²) in [5, 5.41) is 8.46. The van der Waals surface area contributed by atoms with Crippen LogP contribution in [-0.2, 0) is 11.2 Å². The summed E-state index contributed by atoms with van der Waals surface area (Å²) >= 11 is 1.95. The molecule has 64 valence electrons. The van der Waals surface area contributed by atoms with Gasteiger partial charge in [-0.2, -0.15) is 0 Å². The first-order valence-electron chi connectivity index (χ1n) is 3.08. The molecule has 12 heavy (non-hydrogen) atoms. The van der Waals surface area contributed by atoms with Gasteiger partial charge in [0, 0.05) is 0 Å². The van der Waals surface area contributed by atoms with Crippen LogP contribution in [0, 0.1) is 3.70 Å². The van der Waals surface area contributed by atoms with Crippen molar-refractivity contribution in [1.29, 1.82) is 0 Å². The maximum atomic E-state index is 10.3.